The number of carbonyl (C=O) groups is 1. The first-order valence-electron chi connectivity index (χ1n) is 5.94. The predicted molar refractivity (Wildman–Crippen MR) is 61.0 cm³/mol. The highest BCUT2D eigenvalue weighted by Gasteiger charge is 2.20. The summed E-state index contributed by atoms with van der Waals surface area (Å²) < 4.78 is 5.55. The van der Waals surface area contributed by atoms with Gasteiger partial charge in [0.15, 0.2) is 0 Å². The summed E-state index contributed by atoms with van der Waals surface area (Å²) in [5, 5.41) is 0. The summed E-state index contributed by atoms with van der Waals surface area (Å²) in [7, 11) is 2.08. The van der Waals surface area contributed by atoms with Crippen LogP contribution in [0.25, 0.3) is 0 Å². The van der Waals surface area contributed by atoms with Crippen molar-refractivity contribution in [1.82, 2.24) is 4.90 Å². The topological polar surface area (TPSA) is 29.5 Å². The van der Waals surface area contributed by atoms with Crippen molar-refractivity contribution < 1.29 is 9.53 Å². The molecule has 1 rings (SSSR count). The highest BCUT2D eigenvalue weighted by atomic mass is 16.5. The molecule has 0 N–H and O–H groups in total. The number of ether oxygens (including phenoxy) is 1. The van der Waals surface area contributed by atoms with Gasteiger partial charge in [0.25, 0.3) is 0 Å². The number of nitrogens with zero attached hydrogens (tertiary/aromatic N) is 1. The molecule has 0 bridgehead atoms. The summed E-state index contributed by atoms with van der Waals surface area (Å²) in [4.78, 5) is 13.0. The lowest BCUT2D eigenvalue weighted by Crippen LogP contribution is -2.25. The van der Waals surface area contributed by atoms with Crippen LogP contribution in [0.4, 0.5) is 0 Å². The molecule has 0 atom stereocenters. The zero-order valence-corrected chi connectivity index (χ0v) is 10.00. The van der Waals surface area contributed by atoms with Gasteiger partial charge in [0.05, 0.1) is 6.61 Å². The van der Waals surface area contributed by atoms with Crippen LogP contribution in [0, 0.1) is 5.92 Å². The molecular formula is C12H23NO2. The summed E-state index contributed by atoms with van der Waals surface area (Å²) in [6.45, 7) is 5.39. The van der Waals surface area contributed by atoms with Crippen LogP contribution in [0.2, 0.25) is 0 Å². The van der Waals surface area contributed by atoms with E-state index in [1.54, 1.807) is 6.92 Å². The molecule has 1 aliphatic rings. The van der Waals surface area contributed by atoms with Crippen molar-refractivity contribution in [2.24, 2.45) is 5.92 Å². The number of likely N-dealkylation sites (N-methyl/N-ethyl adjacent to an activating group) is 1. The molecule has 0 aromatic carbocycles. The zero-order chi connectivity index (χ0) is 11.1. The third kappa shape index (κ3) is 7.51. The molecule has 3 nitrogen and oxygen atoms in total. The minimum absolute atomic E-state index is 0.286. The Labute approximate surface area is 92.8 Å². The fourth-order valence-electron chi connectivity index (χ4n) is 1.46. The second-order valence-corrected chi connectivity index (χ2v) is 4.63. The second-order valence-electron chi connectivity index (χ2n) is 4.63. The third-order valence-electron chi connectivity index (χ3n) is 2.74. The first kappa shape index (κ1) is 12.7. The van der Waals surface area contributed by atoms with Crippen molar-refractivity contribution in [2.75, 3.05) is 33.4 Å². The lowest BCUT2D eigenvalue weighted by molar-refractivity contribution is -0.117. The van der Waals surface area contributed by atoms with E-state index in [0.717, 1.165) is 38.6 Å². The first-order valence-corrected chi connectivity index (χ1v) is 5.94. The molecule has 15 heavy (non-hydrogen) atoms. The highest BCUT2D eigenvalue weighted by Crippen LogP contribution is 2.28. The Bertz CT molecular complexity index is 190. The van der Waals surface area contributed by atoms with Crippen LogP contribution in [-0.2, 0) is 9.53 Å². The maximum Gasteiger partial charge on any atom is 0.129 e. The van der Waals surface area contributed by atoms with Gasteiger partial charge in [-0.25, -0.2) is 0 Å². The van der Waals surface area contributed by atoms with Gasteiger partial charge in [-0.2, -0.15) is 0 Å². The van der Waals surface area contributed by atoms with Crippen LogP contribution in [0.5, 0.6) is 0 Å². The predicted octanol–water partition coefficient (Wildman–Crippen LogP) is 1.71. The standard InChI is InChI=1S/C12H23NO2/c1-11(14)4-3-7-13(2)8-9-15-10-12-5-6-12/h12H,3-10H2,1-2H3. The number of ketones is 1. The minimum atomic E-state index is 0.286. The summed E-state index contributed by atoms with van der Waals surface area (Å²) in [6, 6.07) is 0. The van der Waals surface area contributed by atoms with E-state index in [-0.39, 0.29) is 5.78 Å². The van der Waals surface area contributed by atoms with Gasteiger partial charge in [0.2, 0.25) is 0 Å². The average molecular weight is 213 g/mol. The molecule has 0 radical (unpaired) electrons. The number of hydrogen-bond acceptors (Lipinski definition) is 3. The Morgan fingerprint density at radius 3 is 2.73 bits per heavy atom. The van der Waals surface area contributed by atoms with E-state index >= 15 is 0 Å². The van der Waals surface area contributed by atoms with Gasteiger partial charge < -0.3 is 14.4 Å². The van der Waals surface area contributed by atoms with Gasteiger partial charge in [0.1, 0.15) is 5.78 Å². The monoisotopic (exact) mass is 213 g/mol. The van der Waals surface area contributed by atoms with Crippen molar-refractivity contribution in [3.8, 4) is 0 Å². The van der Waals surface area contributed by atoms with Crippen molar-refractivity contribution >= 4 is 5.78 Å². The molecule has 0 heterocycles. The Kier molecular flexibility index (Phi) is 5.88. The number of Topliss-reactive ketones (excluding diaryl/α,β-unsaturated/α-hetero) is 1. The lowest BCUT2D eigenvalue weighted by atomic mass is 10.2. The van der Waals surface area contributed by atoms with Crippen LogP contribution < -0.4 is 0 Å². The van der Waals surface area contributed by atoms with Gasteiger partial charge in [-0.1, -0.05) is 0 Å². The second kappa shape index (κ2) is 6.96. The summed E-state index contributed by atoms with van der Waals surface area (Å²) >= 11 is 0. The van der Waals surface area contributed by atoms with Gasteiger partial charge >= 0.3 is 0 Å². The van der Waals surface area contributed by atoms with Gasteiger partial charge in [-0.3, -0.25) is 0 Å². The van der Waals surface area contributed by atoms with Crippen LogP contribution in [0.3, 0.4) is 0 Å². The van der Waals surface area contributed by atoms with E-state index in [1.165, 1.54) is 12.8 Å². The van der Waals surface area contributed by atoms with Gasteiger partial charge in [-0.15, -0.1) is 0 Å². The molecule has 88 valence electrons. The zero-order valence-electron chi connectivity index (χ0n) is 10.00. The maximum absolute atomic E-state index is 10.7. The lowest BCUT2D eigenvalue weighted by Gasteiger charge is -2.15. The fraction of sp³-hybridized carbons (Fsp3) is 0.917. The van der Waals surface area contributed by atoms with Crippen molar-refractivity contribution in [1.29, 1.82) is 0 Å². The van der Waals surface area contributed by atoms with Crippen LogP contribution in [0.1, 0.15) is 32.6 Å². The largest absolute Gasteiger partial charge is 0.380 e. The van der Waals surface area contributed by atoms with E-state index in [1.807, 2.05) is 0 Å². The molecular weight excluding hydrogens is 190 g/mol. The van der Waals surface area contributed by atoms with E-state index < -0.39 is 0 Å². The summed E-state index contributed by atoms with van der Waals surface area (Å²) in [5.41, 5.74) is 0. The molecule has 0 spiro atoms. The van der Waals surface area contributed by atoms with Crippen LogP contribution in [0.15, 0.2) is 0 Å². The van der Waals surface area contributed by atoms with Crippen molar-refractivity contribution in [2.45, 2.75) is 32.6 Å². The quantitative estimate of drug-likeness (QED) is 0.546. The number of carbonyl (C=O) groups excluding carboxylic acids is 1. The number of rotatable bonds is 9. The third-order valence-corrected chi connectivity index (χ3v) is 2.74. The fourth-order valence-corrected chi connectivity index (χ4v) is 1.46. The van der Waals surface area contributed by atoms with Crippen molar-refractivity contribution in [3.05, 3.63) is 0 Å². The van der Waals surface area contributed by atoms with Gasteiger partial charge in [-0.05, 0) is 45.7 Å². The smallest absolute Gasteiger partial charge is 0.129 e. The van der Waals surface area contributed by atoms with E-state index in [2.05, 4.69) is 11.9 Å². The Hall–Kier alpha value is -0.410. The molecule has 0 unspecified atom stereocenters. The molecule has 0 amide bonds. The summed E-state index contributed by atoms with van der Waals surface area (Å²) in [6.07, 6.45) is 4.38. The Balaban J connectivity index is 1.83. The summed E-state index contributed by atoms with van der Waals surface area (Å²) in [5.74, 6) is 1.14. The maximum atomic E-state index is 10.7. The molecule has 0 aromatic heterocycles. The number of hydrogen-bond donors (Lipinski definition) is 0. The minimum Gasteiger partial charge on any atom is -0.380 e. The van der Waals surface area contributed by atoms with E-state index in [9.17, 15) is 4.79 Å². The van der Waals surface area contributed by atoms with Crippen LogP contribution in [-0.4, -0.2) is 44.0 Å². The Morgan fingerprint density at radius 1 is 1.40 bits per heavy atom. The van der Waals surface area contributed by atoms with Gasteiger partial charge in [0, 0.05) is 19.6 Å². The van der Waals surface area contributed by atoms with E-state index in [0.29, 0.717) is 6.42 Å². The Morgan fingerprint density at radius 2 is 2.13 bits per heavy atom. The highest BCUT2D eigenvalue weighted by molar-refractivity contribution is 5.75. The van der Waals surface area contributed by atoms with E-state index in [4.69, 9.17) is 4.74 Å². The molecule has 0 aliphatic heterocycles. The molecule has 0 aromatic rings. The van der Waals surface area contributed by atoms with Crippen molar-refractivity contribution in [3.63, 3.8) is 0 Å². The molecule has 3 heteroatoms. The molecule has 1 aliphatic carbocycles. The van der Waals surface area contributed by atoms with Crippen LogP contribution >= 0.6 is 0 Å². The average Bonchev–Trinajstić information content (AvgIpc) is 2.95. The molecule has 1 fully saturated rings. The first-order chi connectivity index (χ1) is 7.18. The molecule has 1 saturated carbocycles. The molecule has 0 saturated heterocycles. The normalized spacial score (nSPS) is 15.9. The SMILES string of the molecule is CC(=O)CCCN(C)CCOCC1CC1.